The number of rotatable bonds is 3. The first-order valence-corrected chi connectivity index (χ1v) is 6.35. The molecule has 0 spiro atoms. The summed E-state index contributed by atoms with van der Waals surface area (Å²) in [6.07, 6.45) is 3.08. The lowest BCUT2D eigenvalue weighted by Gasteiger charge is -2.33. The third kappa shape index (κ3) is 2.19. The zero-order valence-corrected chi connectivity index (χ0v) is 11.1. The first-order valence-electron chi connectivity index (χ1n) is 6.35. The van der Waals surface area contributed by atoms with Crippen molar-refractivity contribution in [2.45, 2.75) is 20.3 Å². The predicted molar refractivity (Wildman–Crippen MR) is 77.4 cm³/mol. The summed E-state index contributed by atoms with van der Waals surface area (Å²) in [5, 5.41) is 0. The van der Waals surface area contributed by atoms with Crippen molar-refractivity contribution >= 4 is 5.70 Å². The van der Waals surface area contributed by atoms with E-state index >= 15 is 0 Å². The van der Waals surface area contributed by atoms with Crippen molar-refractivity contribution < 1.29 is 0 Å². The van der Waals surface area contributed by atoms with Gasteiger partial charge in [-0.1, -0.05) is 43.8 Å². The third-order valence-electron chi connectivity index (χ3n) is 3.17. The maximum atomic E-state index is 6.02. The van der Waals surface area contributed by atoms with Crippen LogP contribution in [-0.4, -0.2) is 11.4 Å². The average molecular weight is 240 g/mol. The highest BCUT2D eigenvalue weighted by atomic mass is 15.2. The molecule has 1 aromatic carbocycles. The molecule has 0 atom stereocenters. The summed E-state index contributed by atoms with van der Waals surface area (Å²) in [6, 6.07) is 10.4. The Kier molecular flexibility index (Phi) is 3.56. The van der Waals surface area contributed by atoms with E-state index in [9.17, 15) is 0 Å². The lowest BCUT2D eigenvalue weighted by molar-refractivity contribution is 0.485. The molecule has 0 aliphatic carbocycles. The second-order valence-electron chi connectivity index (χ2n) is 4.60. The van der Waals surface area contributed by atoms with E-state index in [0.29, 0.717) is 0 Å². The van der Waals surface area contributed by atoms with Gasteiger partial charge in [-0.15, -0.1) is 0 Å². The molecule has 1 aliphatic rings. The van der Waals surface area contributed by atoms with Crippen molar-refractivity contribution in [3.8, 4) is 0 Å². The van der Waals surface area contributed by atoms with E-state index in [4.69, 9.17) is 5.73 Å². The van der Waals surface area contributed by atoms with Crippen LogP contribution in [0.5, 0.6) is 0 Å². The fourth-order valence-corrected chi connectivity index (χ4v) is 2.34. The van der Waals surface area contributed by atoms with Crippen molar-refractivity contribution in [3.05, 3.63) is 65.5 Å². The normalized spacial score (nSPS) is 16.0. The van der Waals surface area contributed by atoms with Crippen molar-refractivity contribution in [1.82, 2.24) is 4.90 Å². The molecule has 18 heavy (non-hydrogen) atoms. The molecule has 0 radical (unpaired) electrons. The average Bonchev–Trinajstić information content (AvgIpc) is 2.37. The quantitative estimate of drug-likeness (QED) is 0.876. The lowest BCUT2D eigenvalue weighted by atomic mass is 10.00. The summed E-state index contributed by atoms with van der Waals surface area (Å²) >= 11 is 0. The summed E-state index contributed by atoms with van der Waals surface area (Å²) in [4.78, 5) is 2.22. The van der Waals surface area contributed by atoms with E-state index in [0.717, 1.165) is 24.4 Å². The number of nitrogens with zero attached hydrogens (tertiary/aromatic N) is 1. The molecule has 0 saturated carbocycles. The van der Waals surface area contributed by atoms with Crippen LogP contribution in [-0.2, 0) is 0 Å². The van der Waals surface area contributed by atoms with E-state index in [1.54, 1.807) is 0 Å². The highest BCUT2D eigenvalue weighted by Gasteiger charge is 2.21. The van der Waals surface area contributed by atoms with Gasteiger partial charge in [-0.05, 0) is 30.6 Å². The smallest absolute Gasteiger partial charge is 0.0571 e. The molecule has 2 heteroatoms. The monoisotopic (exact) mass is 240 g/mol. The fraction of sp³-hybridized carbons (Fsp3) is 0.250. The molecule has 1 aromatic rings. The van der Waals surface area contributed by atoms with Crippen LogP contribution >= 0.6 is 0 Å². The summed E-state index contributed by atoms with van der Waals surface area (Å²) in [7, 11) is 0. The van der Waals surface area contributed by atoms with Crippen LogP contribution < -0.4 is 5.73 Å². The zero-order chi connectivity index (χ0) is 13.1. The van der Waals surface area contributed by atoms with Crippen molar-refractivity contribution in [2.75, 3.05) is 6.54 Å². The van der Waals surface area contributed by atoms with Crippen LogP contribution in [0, 0.1) is 0 Å². The van der Waals surface area contributed by atoms with Gasteiger partial charge in [-0.2, -0.15) is 0 Å². The Bertz CT molecular complexity index is 509. The Morgan fingerprint density at radius 1 is 1.22 bits per heavy atom. The Balaban J connectivity index is 2.52. The SMILES string of the molecule is C=C1C(N)=CC(C)=C(c2ccccc2)N1CCC. The number of hydrogen-bond acceptors (Lipinski definition) is 2. The van der Waals surface area contributed by atoms with Crippen LogP contribution in [0.15, 0.2) is 60.0 Å². The van der Waals surface area contributed by atoms with Gasteiger partial charge in [-0.3, -0.25) is 0 Å². The number of allylic oxidation sites excluding steroid dienone is 2. The van der Waals surface area contributed by atoms with Crippen molar-refractivity contribution in [1.29, 1.82) is 0 Å². The maximum absolute atomic E-state index is 6.02. The van der Waals surface area contributed by atoms with E-state index in [2.05, 4.69) is 49.6 Å². The number of benzene rings is 1. The molecule has 94 valence electrons. The molecule has 0 aromatic heterocycles. The molecule has 0 amide bonds. The molecule has 1 aliphatic heterocycles. The molecule has 2 rings (SSSR count). The molecular weight excluding hydrogens is 220 g/mol. The van der Waals surface area contributed by atoms with E-state index < -0.39 is 0 Å². The largest absolute Gasteiger partial charge is 0.397 e. The molecule has 1 heterocycles. The van der Waals surface area contributed by atoms with Gasteiger partial charge >= 0.3 is 0 Å². The molecule has 0 fully saturated rings. The highest BCUT2D eigenvalue weighted by molar-refractivity contribution is 5.73. The Morgan fingerprint density at radius 3 is 2.50 bits per heavy atom. The summed E-state index contributed by atoms with van der Waals surface area (Å²) < 4.78 is 0. The van der Waals surface area contributed by atoms with E-state index in [1.807, 2.05) is 12.1 Å². The van der Waals surface area contributed by atoms with Crippen molar-refractivity contribution in [3.63, 3.8) is 0 Å². The molecule has 2 N–H and O–H groups in total. The second kappa shape index (κ2) is 5.13. The van der Waals surface area contributed by atoms with E-state index in [-0.39, 0.29) is 0 Å². The second-order valence-corrected chi connectivity index (χ2v) is 4.60. The molecular formula is C16H20N2. The summed E-state index contributed by atoms with van der Waals surface area (Å²) in [5.74, 6) is 0. The fourth-order valence-electron chi connectivity index (χ4n) is 2.34. The van der Waals surface area contributed by atoms with Crippen LogP contribution in [0.4, 0.5) is 0 Å². The first-order chi connectivity index (χ1) is 8.65. The minimum Gasteiger partial charge on any atom is -0.397 e. The minimum absolute atomic E-state index is 0.764. The van der Waals surface area contributed by atoms with Gasteiger partial charge in [0, 0.05) is 6.54 Å². The van der Waals surface area contributed by atoms with Gasteiger partial charge in [-0.25, -0.2) is 0 Å². The van der Waals surface area contributed by atoms with Crippen LogP contribution in [0.1, 0.15) is 25.8 Å². The van der Waals surface area contributed by atoms with E-state index in [1.165, 1.54) is 16.8 Å². The highest BCUT2D eigenvalue weighted by Crippen LogP contribution is 2.32. The Hall–Kier alpha value is -1.96. The minimum atomic E-state index is 0.764. The Morgan fingerprint density at radius 2 is 1.89 bits per heavy atom. The van der Waals surface area contributed by atoms with Crippen molar-refractivity contribution in [2.24, 2.45) is 5.73 Å². The van der Waals surface area contributed by atoms with Crippen LogP contribution in [0.2, 0.25) is 0 Å². The summed E-state index contributed by atoms with van der Waals surface area (Å²) in [6.45, 7) is 9.31. The van der Waals surface area contributed by atoms with Gasteiger partial charge < -0.3 is 10.6 Å². The maximum Gasteiger partial charge on any atom is 0.0571 e. The summed E-state index contributed by atoms with van der Waals surface area (Å²) in [5.41, 5.74) is 11.3. The van der Waals surface area contributed by atoms with Gasteiger partial charge in [0.2, 0.25) is 0 Å². The molecule has 2 nitrogen and oxygen atoms in total. The number of nitrogens with two attached hydrogens (primary N) is 1. The molecule has 0 saturated heterocycles. The van der Waals surface area contributed by atoms with Gasteiger partial charge in [0.25, 0.3) is 0 Å². The molecule has 0 bridgehead atoms. The standard InChI is InChI=1S/C16H20N2/c1-4-10-18-13(3)15(17)11-12(2)16(18)14-8-6-5-7-9-14/h5-9,11H,3-4,10,17H2,1-2H3. The lowest BCUT2D eigenvalue weighted by Crippen LogP contribution is -2.28. The van der Waals surface area contributed by atoms with Crippen LogP contribution in [0.25, 0.3) is 5.70 Å². The third-order valence-corrected chi connectivity index (χ3v) is 3.17. The zero-order valence-electron chi connectivity index (χ0n) is 11.1. The van der Waals surface area contributed by atoms with Gasteiger partial charge in [0.05, 0.1) is 17.1 Å². The topological polar surface area (TPSA) is 29.3 Å². The molecule has 0 unspecified atom stereocenters. The van der Waals surface area contributed by atoms with Gasteiger partial charge in [0.15, 0.2) is 0 Å². The first kappa shape index (κ1) is 12.5. The van der Waals surface area contributed by atoms with Gasteiger partial charge in [0.1, 0.15) is 0 Å². The van der Waals surface area contributed by atoms with Crippen LogP contribution in [0.3, 0.4) is 0 Å². The number of hydrogen-bond donors (Lipinski definition) is 1. The Labute approximate surface area is 109 Å². The predicted octanol–water partition coefficient (Wildman–Crippen LogP) is 3.50.